The molecule has 0 spiro atoms. The molecule has 0 heterocycles. The number of hydrogen-bond donors (Lipinski definition) is 1. The molecule has 0 saturated carbocycles. The predicted molar refractivity (Wildman–Crippen MR) is 94.3 cm³/mol. The molecule has 1 aliphatic rings. The first-order chi connectivity index (χ1) is 10.2. The third-order valence-electron chi connectivity index (χ3n) is 3.08. The van der Waals surface area contributed by atoms with E-state index >= 15 is 0 Å². The van der Waals surface area contributed by atoms with Gasteiger partial charge in [0.1, 0.15) is 0 Å². The number of fused-ring (bicyclic) bond motifs is 1. The molecule has 2 aromatic carbocycles. The molecule has 0 saturated heterocycles. The van der Waals surface area contributed by atoms with Gasteiger partial charge >= 0.3 is 0 Å². The van der Waals surface area contributed by atoms with Crippen molar-refractivity contribution in [2.45, 2.75) is 32.6 Å². The zero-order valence-corrected chi connectivity index (χ0v) is 14.0. The fourth-order valence-electron chi connectivity index (χ4n) is 2.12. The van der Waals surface area contributed by atoms with Crippen LogP contribution in [0.15, 0.2) is 48.5 Å². The van der Waals surface area contributed by atoms with Crippen molar-refractivity contribution in [2.75, 3.05) is 6.54 Å². The van der Waals surface area contributed by atoms with Crippen LogP contribution in [0.4, 0.5) is 0 Å². The first-order valence-electron chi connectivity index (χ1n) is 7.36. The van der Waals surface area contributed by atoms with Crippen LogP contribution in [0.25, 0.3) is 0 Å². The Morgan fingerprint density at radius 2 is 1.14 bits per heavy atom. The summed E-state index contributed by atoms with van der Waals surface area (Å²) in [6, 6.07) is 16.0. The fraction of sp³-hybridized carbons (Fsp3) is 0.333. The lowest BCUT2D eigenvalue weighted by atomic mass is 9.92. The first kappa shape index (κ1) is 18.0. The summed E-state index contributed by atoms with van der Waals surface area (Å²) in [5.41, 5.74) is 8.00. The van der Waals surface area contributed by atoms with Crippen molar-refractivity contribution in [3.63, 3.8) is 0 Å². The third kappa shape index (κ3) is 6.99. The normalized spacial score (nSPS) is 12.2. The van der Waals surface area contributed by atoms with E-state index in [4.69, 9.17) is 28.9 Å². The summed E-state index contributed by atoms with van der Waals surface area (Å²) in [6.07, 6.45) is 5.38. The summed E-state index contributed by atoms with van der Waals surface area (Å²) >= 11 is 11.2. The van der Waals surface area contributed by atoms with Crippen molar-refractivity contribution >= 4 is 23.2 Å². The molecular formula is C18H23Cl2N. The molecule has 0 aliphatic heterocycles. The van der Waals surface area contributed by atoms with Gasteiger partial charge in [0.15, 0.2) is 0 Å². The van der Waals surface area contributed by atoms with Gasteiger partial charge in [0.2, 0.25) is 0 Å². The highest BCUT2D eigenvalue weighted by Crippen LogP contribution is 2.20. The minimum Gasteiger partial charge on any atom is -0.331 e. The first-order valence-corrected chi connectivity index (χ1v) is 8.11. The van der Waals surface area contributed by atoms with Gasteiger partial charge in [-0.1, -0.05) is 66.5 Å². The molecular weight excluding hydrogens is 301 g/mol. The van der Waals surface area contributed by atoms with Gasteiger partial charge in [0.25, 0.3) is 0 Å². The molecule has 21 heavy (non-hydrogen) atoms. The summed E-state index contributed by atoms with van der Waals surface area (Å²) in [7, 11) is 0. The molecule has 0 aromatic heterocycles. The van der Waals surface area contributed by atoms with Crippen LogP contribution in [-0.2, 0) is 12.8 Å². The Labute approximate surface area is 138 Å². The molecule has 3 heteroatoms. The van der Waals surface area contributed by atoms with Crippen molar-refractivity contribution in [2.24, 2.45) is 5.73 Å². The molecule has 0 amide bonds. The Morgan fingerprint density at radius 1 is 0.810 bits per heavy atom. The van der Waals surface area contributed by atoms with Crippen molar-refractivity contribution in [3.8, 4) is 0 Å². The maximum absolute atomic E-state index is 5.58. The van der Waals surface area contributed by atoms with E-state index in [0.717, 1.165) is 6.54 Å². The zero-order chi connectivity index (χ0) is 15.5. The molecule has 3 rings (SSSR count). The van der Waals surface area contributed by atoms with Crippen LogP contribution >= 0.6 is 23.2 Å². The Kier molecular flexibility index (Phi) is 9.16. The van der Waals surface area contributed by atoms with Crippen LogP contribution in [0.1, 0.15) is 30.9 Å². The lowest BCUT2D eigenvalue weighted by Gasteiger charge is -2.13. The topological polar surface area (TPSA) is 26.0 Å². The van der Waals surface area contributed by atoms with E-state index in [1.807, 2.05) is 19.1 Å². The van der Waals surface area contributed by atoms with Gasteiger partial charge in [0.05, 0.1) is 10.0 Å². The van der Waals surface area contributed by atoms with E-state index in [9.17, 15) is 0 Å². The molecule has 0 unspecified atom stereocenters. The van der Waals surface area contributed by atoms with Gasteiger partial charge in [-0.15, -0.1) is 0 Å². The zero-order valence-electron chi connectivity index (χ0n) is 12.5. The second-order valence-electron chi connectivity index (χ2n) is 4.80. The number of aryl methyl sites for hydroxylation is 2. The minimum atomic E-state index is 0.606. The van der Waals surface area contributed by atoms with Gasteiger partial charge in [-0.2, -0.15) is 0 Å². The average molecular weight is 324 g/mol. The SMILES string of the molecule is CCN.Clc1ccccc1Cl.c1ccc2c(c1)CCCC2. The van der Waals surface area contributed by atoms with E-state index in [0.29, 0.717) is 10.0 Å². The van der Waals surface area contributed by atoms with Crippen molar-refractivity contribution in [1.82, 2.24) is 0 Å². The van der Waals surface area contributed by atoms with E-state index < -0.39 is 0 Å². The van der Waals surface area contributed by atoms with Gasteiger partial charge in [0, 0.05) is 0 Å². The highest BCUT2D eigenvalue weighted by atomic mass is 35.5. The third-order valence-corrected chi connectivity index (χ3v) is 3.84. The van der Waals surface area contributed by atoms with Crippen molar-refractivity contribution < 1.29 is 0 Å². The second kappa shape index (κ2) is 10.7. The number of hydrogen-bond acceptors (Lipinski definition) is 1. The number of nitrogens with two attached hydrogens (primary N) is 1. The number of halogens is 2. The molecule has 2 aromatic rings. The summed E-state index contributed by atoms with van der Waals surface area (Å²) in [5.74, 6) is 0. The molecule has 1 nitrogen and oxygen atoms in total. The maximum Gasteiger partial charge on any atom is 0.0592 e. The fourth-order valence-corrected chi connectivity index (χ4v) is 2.39. The second-order valence-corrected chi connectivity index (χ2v) is 5.61. The summed E-state index contributed by atoms with van der Waals surface area (Å²) in [4.78, 5) is 0. The van der Waals surface area contributed by atoms with Crippen LogP contribution in [0, 0.1) is 0 Å². The molecule has 0 radical (unpaired) electrons. The van der Waals surface area contributed by atoms with Crippen LogP contribution in [0.5, 0.6) is 0 Å². The lowest BCUT2D eigenvalue weighted by molar-refractivity contribution is 0.685. The average Bonchev–Trinajstić information content (AvgIpc) is 2.52. The molecule has 0 fully saturated rings. The minimum absolute atomic E-state index is 0.606. The van der Waals surface area contributed by atoms with E-state index in [1.54, 1.807) is 23.3 Å². The summed E-state index contributed by atoms with van der Waals surface area (Å²) in [5, 5.41) is 1.21. The lowest BCUT2D eigenvalue weighted by Crippen LogP contribution is -2.00. The molecule has 0 bridgehead atoms. The molecule has 1 aliphatic carbocycles. The molecule has 114 valence electrons. The Balaban J connectivity index is 0.000000181. The molecule has 2 N–H and O–H groups in total. The molecule has 0 atom stereocenters. The van der Waals surface area contributed by atoms with Crippen LogP contribution in [0.2, 0.25) is 10.0 Å². The standard InChI is InChI=1S/C10H12.C6H4Cl2.C2H7N/c1-2-6-10-8-4-3-7-9(10)5-1;7-5-3-1-2-4-6(5)8;1-2-3/h1-2,5-6H,3-4,7-8H2;1-4H;2-3H2,1H3. The van der Waals surface area contributed by atoms with Crippen molar-refractivity contribution in [1.29, 1.82) is 0 Å². The Bertz CT molecular complexity index is 480. The smallest absolute Gasteiger partial charge is 0.0592 e. The Morgan fingerprint density at radius 3 is 1.48 bits per heavy atom. The number of rotatable bonds is 0. The maximum atomic E-state index is 5.58. The predicted octanol–water partition coefficient (Wildman–Crippen LogP) is 5.52. The summed E-state index contributed by atoms with van der Waals surface area (Å²) in [6.45, 7) is 2.65. The van der Waals surface area contributed by atoms with Crippen LogP contribution < -0.4 is 5.73 Å². The Hall–Kier alpha value is -1.02. The van der Waals surface area contributed by atoms with Gasteiger partial charge in [-0.3, -0.25) is 0 Å². The van der Waals surface area contributed by atoms with Crippen molar-refractivity contribution in [3.05, 3.63) is 69.7 Å². The number of benzene rings is 2. The van der Waals surface area contributed by atoms with E-state index in [1.165, 1.54) is 25.7 Å². The van der Waals surface area contributed by atoms with Gasteiger partial charge < -0.3 is 5.73 Å². The summed E-state index contributed by atoms with van der Waals surface area (Å²) < 4.78 is 0. The van der Waals surface area contributed by atoms with Gasteiger partial charge in [-0.05, 0) is 55.5 Å². The van der Waals surface area contributed by atoms with Gasteiger partial charge in [-0.25, -0.2) is 0 Å². The highest BCUT2D eigenvalue weighted by molar-refractivity contribution is 6.41. The monoisotopic (exact) mass is 323 g/mol. The van der Waals surface area contributed by atoms with E-state index in [-0.39, 0.29) is 0 Å². The van der Waals surface area contributed by atoms with Crippen LogP contribution in [-0.4, -0.2) is 6.54 Å². The van der Waals surface area contributed by atoms with E-state index in [2.05, 4.69) is 24.3 Å². The van der Waals surface area contributed by atoms with Crippen LogP contribution in [0.3, 0.4) is 0 Å². The highest BCUT2D eigenvalue weighted by Gasteiger charge is 2.05. The largest absolute Gasteiger partial charge is 0.331 e. The quantitative estimate of drug-likeness (QED) is 0.678.